The van der Waals surface area contributed by atoms with E-state index in [9.17, 15) is 9.59 Å². The van der Waals surface area contributed by atoms with Gasteiger partial charge in [-0.3, -0.25) is 4.79 Å². The van der Waals surface area contributed by atoms with Gasteiger partial charge in [0.1, 0.15) is 12.4 Å². The van der Waals surface area contributed by atoms with Gasteiger partial charge in [-0.05, 0) is 37.1 Å². The predicted octanol–water partition coefficient (Wildman–Crippen LogP) is 5.75. The summed E-state index contributed by atoms with van der Waals surface area (Å²) in [6, 6.07) is 18.8. The Morgan fingerprint density at radius 2 is 1.68 bits per heavy atom. The molecular formula is C27H35N5O2. The Morgan fingerprint density at radius 1 is 1.00 bits per heavy atom. The third-order valence-electron chi connectivity index (χ3n) is 5.52. The van der Waals surface area contributed by atoms with Gasteiger partial charge in [0, 0.05) is 23.7 Å². The quantitative estimate of drug-likeness (QED) is 0.448. The van der Waals surface area contributed by atoms with Gasteiger partial charge in [0.15, 0.2) is 0 Å². The minimum Gasteiger partial charge on any atom is -0.315 e. The molecule has 0 aliphatic carbocycles. The first-order valence-electron chi connectivity index (χ1n) is 11.8. The third-order valence-corrected chi connectivity index (χ3v) is 5.52. The molecule has 0 unspecified atom stereocenters. The van der Waals surface area contributed by atoms with Crippen LogP contribution in [0.4, 0.5) is 16.3 Å². The number of rotatable bonds is 8. The highest BCUT2D eigenvalue weighted by Crippen LogP contribution is 2.27. The van der Waals surface area contributed by atoms with Crippen LogP contribution < -0.4 is 10.6 Å². The van der Waals surface area contributed by atoms with Crippen molar-refractivity contribution in [2.24, 2.45) is 0 Å². The van der Waals surface area contributed by atoms with Crippen molar-refractivity contribution >= 4 is 23.4 Å². The number of aryl methyl sites for hydroxylation is 1. The number of urea groups is 1. The molecule has 0 radical (unpaired) electrons. The highest BCUT2D eigenvalue weighted by Gasteiger charge is 2.23. The molecule has 0 spiro atoms. The maximum absolute atomic E-state index is 13.1. The number of hydrogen-bond donors (Lipinski definition) is 2. The normalized spacial score (nSPS) is 11.2. The van der Waals surface area contributed by atoms with Gasteiger partial charge >= 0.3 is 6.03 Å². The molecule has 0 bridgehead atoms. The van der Waals surface area contributed by atoms with E-state index in [0.717, 1.165) is 29.8 Å². The number of para-hydroxylation sites is 2. The molecule has 3 amide bonds. The standard InChI is InChI=1S/C27H35N5O2/c1-6-7-17-31(26(34)28-21-14-9-8-10-15-21)19-25(33)29-24-18-23(27(3,4)5)30-32(24)22-16-12-11-13-20(22)2/h8-16,18H,6-7,17,19H2,1-5H3,(H,28,34)(H,29,33). The highest BCUT2D eigenvalue weighted by atomic mass is 16.2. The van der Waals surface area contributed by atoms with E-state index in [1.54, 1.807) is 9.58 Å². The third kappa shape index (κ3) is 6.47. The fourth-order valence-corrected chi connectivity index (χ4v) is 3.50. The van der Waals surface area contributed by atoms with Gasteiger partial charge < -0.3 is 15.5 Å². The number of nitrogens with zero attached hydrogens (tertiary/aromatic N) is 3. The number of benzene rings is 2. The molecule has 0 aliphatic rings. The lowest BCUT2D eigenvalue weighted by atomic mass is 9.92. The lowest BCUT2D eigenvalue weighted by molar-refractivity contribution is -0.116. The van der Waals surface area contributed by atoms with Crippen LogP contribution >= 0.6 is 0 Å². The molecule has 0 saturated carbocycles. The number of hydrogen-bond acceptors (Lipinski definition) is 3. The number of amides is 3. The second-order valence-corrected chi connectivity index (χ2v) is 9.48. The molecule has 1 heterocycles. The van der Waals surface area contributed by atoms with E-state index in [-0.39, 0.29) is 23.9 Å². The Labute approximate surface area is 202 Å². The number of carbonyl (C=O) groups excluding carboxylic acids is 2. The highest BCUT2D eigenvalue weighted by molar-refractivity contribution is 5.96. The molecule has 7 nitrogen and oxygen atoms in total. The molecule has 0 atom stereocenters. The van der Waals surface area contributed by atoms with Crippen molar-refractivity contribution in [3.05, 3.63) is 71.9 Å². The summed E-state index contributed by atoms with van der Waals surface area (Å²) in [6.45, 7) is 10.8. The van der Waals surface area contributed by atoms with E-state index in [4.69, 9.17) is 5.10 Å². The van der Waals surface area contributed by atoms with E-state index in [1.807, 2.05) is 67.6 Å². The van der Waals surface area contributed by atoms with Crippen molar-refractivity contribution in [3.63, 3.8) is 0 Å². The minimum atomic E-state index is -0.294. The molecule has 2 aromatic carbocycles. The lowest BCUT2D eigenvalue weighted by Gasteiger charge is -2.22. The summed E-state index contributed by atoms with van der Waals surface area (Å²) >= 11 is 0. The second kappa shape index (κ2) is 11.0. The van der Waals surface area contributed by atoms with Crippen molar-refractivity contribution in [3.8, 4) is 5.69 Å². The monoisotopic (exact) mass is 461 g/mol. The lowest BCUT2D eigenvalue weighted by Crippen LogP contribution is -2.41. The molecule has 0 saturated heterocycles. The van der Waals surface area contributed by atoms with Crippen LogP contribution in [0.3, 0.4) is 0 Å². The first-order chi connectivity index (χ1) is 16.2. The Kier molecular flexibility index (Phi) is 8.10. The molecule has 3 aromatic rings. The SMILES string of the molecule is CCCCN(CC(=O)Nc1cc(C(C)(C)C)nn1-c1ccccc1C)C(=O)Nc1ccccc1. The summed E-state index contributed by atoms with van der Waals surface area (Å²) in [5.74, 6) is 0.317. The molecule has 34 heavy (non-hydrogen) atoms. The fourth-order valence-electron chi connectivity index (χ4n) is 3.50. The van der Waals surface area contributed by atoms with Crippen LogP contribution in [-0.2, 0) is 10.2 Å². The average molecular weight is 462 g/mol. The largest absolute Gasteiger partial charge is 0.322 e. The molecule has 0 fully saturated rings. The van der Waals surface area contributed by atoms with Crippen molar-refractivity contribution in [2.45, 2.75) is 52.9 Å². The Bertz CT molecular complexity index is 1120. The van der Waals surface area contributed by atoms with Gasteiger partial charge in [0.05, 0.1) is 11.4 Å². The number of anilines is 2. The van der Waals surface area contributed by atoms with Crippen molar-refractivity contribution in [2.75, 3.05) is 23.7 Å². The molecule has 1 aromatic heterocycles. The predicted molar refractivity (Wildman–Crippen MR) is 138 cm³/mol. The van der Waals surface area contributed by atoms with Crippen LogP contribution in [-0.4, -0.2) is 39.7 Å². The molecular weight excluding hydrogens is 426 g/mol. The Balaban J connectivity index is 1.81. The zero-order valence-corrected chi connectivity index (χ0v) is 20.8. The minimum absolute atomic E-state index is 0.0531. The topological polar surface area (TPSA) is 79.3 Å². The maximum atomic E-state index is 13.1. The van der Waals surface area contributed by atoms with Gasteiger partial charge in [-0.15, -0.1) is 0 Å². The molecule has 0 aliphatic heterocycles. The first-order valence-corrected chi connectivity index (χ1v) is 11.8. The summed E-state index contributed by atoms with van der Waals surface area (Å²) in [7, 11) is 0. The van der Waals surface area contributed by atoms with E-state index in [0.29, 0.717) is 18.1 Å². The maximum Gasteiger partial charge on any atom is 0.322 e. The summed E-state index contributed by atoms with van der Waals surface area (Å²) in [4.78, 5) is 27.5. The van der Waals surface area contributed by atoms with Crippen LogP contribution in [0.1, 0.15) is 51.8 Å². The van der Waals surface area contributed by atoms with Gasteiger partial charge in [0.25, 0.3) is 0 Å². The van der Waals surface area contributed by atoms with E-state index < -0.39 is 0 Å². The summed E-state index contributed by atoms with van der Waals surface area (Å²) in [5, 5.41) is 10.7. The zero-order chi connectivity index (χ0) is 24.7. The Morgan fingerprint density at radius 3 is 2.32 bits per heavy atom. The van der Waals surface area contributed by atoms with Crippen LogP contribution in [0.5, 0.6) is 0 Å². The molecule has 180 valence electrons. The van der Waals surface area contributed by atoms with Gasteiger partial charge in [0.2, 0.25) is 5.91 Å². The summed E-state index contributed by atoms with van der Waals surface area (Å²) in [5.41, 5.74) is 3.33. The Hall–Kier alpha value is -3.61. The van der Waals surface area contributed by atoms with Crippen molar-refractivity contribution < 1.29 is 9.59 Å². The van der Waals surface area contributed by atoms with E-state index in [1.165, 1.54) is 0 Å². The molecule has 3 rings (SSSR count). The van der Waals surface area contributed by atoms with Crippen LogP contribution in [0, 0.1) is 6.92 Å². The van der Waals surface area contributed by atoms with E-state index in [2.05, 4.69) is 38.3 Å². The van der Waals surface area contributed by atoms with E-state index >= 15 is 0 Å². The average Bonchev–Trinajstić information content (AvgIpc) is 3.21. The molecule has 2 N–H and O–H groups in total. The molecule has 7 heteroatoms. The van der Waals surface area contributed by atoms with Gasteiger partial charge in [-0.2, -0.15) is 5.10 Å². The van der Waals surface area contributed by atoms with Gasteiger partial charge in [-0.25, -0.2) is 9.48 Å². The number of unbranched alkanes of at least 4 members (excludes halogenated alkanes) is 1. The summed E-state index contributed by atoms with van der Waals surface area (Å²) < 4.78 is 1.77. The first kappa shape index (κ1) is 25.0. The van der Waals surface area contributed by atoms with Crippen LogP contribution in [0.15, 0.2) is 60.7 Å². The van der Waals surface area contributed by atoms with Crippen LogP contribution in [0.2, 0.25) is 0 Å². The number of nitrogens with one attached hydrogen (secondary N) is 2. The summed E-state index contributed by atoms with van der Waals surface area (Å²) in [6.07, 6.45) is 1.73. The number of aromatic nitrogens is 2. The van der Waals surface area contributed by atoms with Crippen molar-refractivity contribution in [1.82, 2.24) is 14.7 Å². The second-order valence-electron chi connectivity index (χ2n) is 9.48. The van der Waals surface area contributed by atoms with Crippen LogP contribution in [0.25, 0.3) is 5.69 Å². The van der Waals surface area contributed by atoms with Gasteiger partial charge in [-0.1, -0.05) is 70.5 Å². The fraction of sp³-hybridized carbons (Fsp3) is 0.370. The van der Waals surface area contributed by atoms with Crippen molar-refractivity contribution in [1.29, 1.82) is 0 Å². The number of carbonyl (C=O) groups is 2. The zero-order valence-electron chi connectivity index (χ0n) is 20.8. The smallest absolute Gasteiger partial charge is 0.315 e.